The van der Waals surface area contributed by atoms with Crippen LogP contribution in [-0.4, -0.2) is 0 Å². The van der Waals surface area contributed by atoms with Gasteiger partial charge in [0.2, 0.25) is 0 Å². The second-order valence-electron chi connectivity index (χ2n) is 5.42. The van der Waals surface area contributed by atoms with Gasteiger partial charge in [-0.25, -0.2) is 0 Å². The minimum Gasteiger partial charge on any atom is -0.0842 e. The van der Waals surface area contributed by atoms with E-state index in [1.165, 1.54) is 46.7 Å². The first-order valence-electron chi connectivity index (χ1n) is 6.80. The SMILES string of the molecule is C1=CC2=Cc3cc4ccccc4cc3CC2CC1. The van der Waals surface area contributed by atoms with Crippen LogP contribution in [0.5, 0.6) is 0 Å². The molecule has 2 aliphatic carbocycles. The van der Waals surface area contributed by atoms with Crippen LogP contribution in [0.4, 0.5) is 0 Å². The molecule has 2 aromatic rings. The van der Waals surface area contributed by atoms with Gasteiger partial charge in [-0.3, -0.25) is 0 Å². The highest BCUT2D eigenvalue weighted by Gasteiger charge is 2.21. The van der Waals surface area contributed by atoms with E-state index >= 15 is 0 Å². The second-order valence-corrected chi connectivity index (χ2v) is 5.42. The van der Waals surface area contributed by atoms with E-state index in [0.29, 0.717) is 0 Å². The fraction of sp³-hybridized carbons (Fsp3) is 0.222. The lowest BCUT2D eigenvalue weighted by Crippen LogP contribution is -2.14. The number of hydrogen-bond acceptors (Lipinski definition) is 0. The molecule has 0 aliphatic heterocycles. The van der Waals surface area contributed by atoms with Crippen molar-refractivity contribution < 1.29 is 0 Å². The quantitative estimate of drug-likeness (QED) is 0.615. The van der Waals surface area contributed by atoms with Gasteiger partial charge < -0.3 is 0 Å². The summed E-state index contributed by atoms with van der Waals surface area (Å²) < 4.78 is 0. The molecule has 0 heterocycles. The van der Waals surface area contributed by atoms with Crippen molar-refractivity contribution in [1.82, 2.24) is 0 Å². The highest BCUT2D eigenvalue weighted by atomic mass is 14.3. The van der Waals surface area contributed by atoms with Crippen molar-refractivity contribution in [2.75, 3.05) is 0 Å². The molecule has 4 rings (SSSR count). The molecule has 1 unspecified atom stereocenters. The van der Waals surface area contributed by atoms with Gasteiger partial charge in [-0.05, 0) is 58.7 Å². The Bertz CT molecular complexity index is 673. The average Bonchev–Trinajstić information content (AvgIpc) is 2.42. The molecule has 2 aromatic carbocycles. The maximum atomic E-state index is 2.39. The summed E-state index contributed by atoms with van der Waals surface area (Å²) in [5, 5.41) is 2.73. The summed E-state index contributed by atoms with van der Waals surface area (Å²) in [5.41, 5.74) is 4.48. The standard InChI is InChI=1S/C18H16/c1-2-6-14-10-18-12-16-8-4-3-7-15(16)11-17(18)9-13(14)5-1/h1-3,5-7,9-11,16H,4,8,12H2. The second kappa shape index (κ2) is 3.84. The van der Waals surface area contributed by atoms with Crippen LogP contribution in [0.15, 0.2) is 54.1 Å². The molecule has 0 nitrogen and oxygen atoms in total. The predicted octanol–water partition coefficient (Wildman–Crippen LogP) is 4.75. The predicted molar refractivity (Wildman–Crippen MR) is 77.5 cm³/mol. The Hall–Kier alpha value is -1.82. The van der Waals surface area contributed by atoms with Gasteiger partial charge >= 0.3 is 0 Å². The Labute approximate surface area is 108 Å². The molecular weight excluding hydrogens is 216 g/mol. The van der Waals surface area contributed by atoms with Crippen molar-refractivity contribution in [1.29, 1.82) is 0 Å². The van der Waals surface area contributed by atoms with Crippen LogP contribution >= 0.6 is 0 Å². The van der Waals surface area contributed by atoms with Gasteiger partial charge in [0.25, 0.3) is 0 Å². The first kappa shape index (κ1) is 10.1. The lowest BCUT2D eigenvalue weighted by atomic mass is 9.78. The molecule has 0 spiro atoms. The Morgan fingerprint density at radius 2 is 1.83 bits per heavy atom. The highest BCUT2D eigenvalue weighted by Crippen LogP contribution is 2.36. The molecule has 0 radical (unpaired) electrons. The highest BCUT2D eigenvalue weighted by molar-refractivity contribution is 5.87. The van der Waals surface area contributed by atoms with Crippen molar-refractivity contribution in [3.63, 3.8) is 0 Å². The Kier molecular flexibility index (Phi) is 2.16. The van der Waals surface area contributed by atoms with Crippen LogP contribution in [0.1, 0.15) is 24.0 Å². The average molecular weight is 232 g/mol. The molecule has 2 aliphatic rings. The van der Waals surface area contributed by atoms with Gasteiger partial charge in [-0.15, -0.1) is 0 Å². The third kappa shape index (κ3) is 1.53. The van der Waals surface area contributed by atoms with Crippen LogP contribution in [0, 0.1) is 5.92 Å². The van der Waals surface area contributed by atoms with Gasteiger partial charge in [0.15, 0.2) is 0 Å². The molecule has 88 valence electrons. The molecule has 0 amide bonds. The summed E-state index contributed by atoms with van der Waals surface area (Å²) in [6, 6.07) is 13.4. The first-order valence-corrected chi connectivity index (χ1v) is 6.80. The number of fused-ring (bicyclic) bond motifs is 3. The molecule has 0 N–H and O–H groups in total. The van der Waals surface area contributed by atoms with Gasteiger partial charge in [0.05, 0.1) is 0 Å². The van der Waals surface area contributed by atoms with Crippen LogP contribution in [0.2, 0.25) is 0 Å². The molecule has 0 saturated heterocycles. The fourth-order valence-electron chi connectivity index (χ4n) is 3.27. The summed E-state index contributed by atoms with van der Waals surface area (Å²) in [6.45, 7) is 0. The van der Waals surface area contributed by atoms with Crippen molar-refractivity contribution in [3.05, 3.63) is 65.3 Å². The molecule has 1 atom stereocenters. The van der Waals surface area contributed by atoms with Crippen LogP contribution in [-0.2, 0) is 6.42 Å². The summed E-state index contributed by atoms with van der Waals surface area (Å²) in [6.07, 6.45) is 10.8. The van der Waals surface area contributed by atoms with E-state index in [9.17, 15) is 0 Å². The largest absolute Gasteiger partial charge is 0.0842 e. The number of allylic oxidation sites excluding steroid dienone is 3. The van der Waals surface area contributed by atoms with Crippen molar-refractivity contribution in [2.24, 2.45) is 5.92 Å². The van der Waals surface area contributed by atoms with Gasteiger partial charge in [-0.2, -0.15) is 0 Å². The lowest BCUT2D eigenvalue weighted by molar-refractivity contribution is 0.557. The minimum atomic E-state index is 0.753. The van der Waals surface area contributed by atoms with E-state index in [-0.39, 0.29) is 0 Å². The molecule has 0 fully saturated rings. The molecule has 0 bridgehead atoms. The topological polar surface area (TPSA) is 0 Å². The first-order chi connectivity index (χ1) is 8.90. The summed E-state index contributed by atoms with van der Waals surface area (Å²) >= 11 is 0. The third-order valence-electron chi connectivity index (χ3n) is 4.26. The fourth-order valence-corrected chi connectivity index (χ4v) is 3.27. The Morgan fingerprint density at radius 3 is 2.72 bits per heavy atom. The van der Waals surface area contributed by atoms with Crippen LogP contribution in [0.25, 0.3) is 16.8 Å². The van der Waals surface area contributed by atoms with E-state index < -0.39 is 0 Å². The molecule has 0 saturated carbocycles. The van der Waals surface area contributed by atoms with Crippen LogP contribution in [0.3, 0.4) is 0 Å². The Morgan fingerprint density at radius 1 is 1.00 bits per heavy atom. The van der Waals surface area contributed by atoms with Gasteiger partial charge in [0.1, 0.15) is 0 Å². The zero-order valence-corrected chi connectivity index (χ0v) is 10.4. The van der Waals surface area contributed by atoms with Crippen molar-refractivity contribution in [2.45, 2.75) is 19.3 Å². The zero-order chi connectivity index (χ0) is 11.9. The number of hydrogen-bond donors (Lipinski definition) is 0. The maximum absolute atomic E-state index is 2.39. The molecule has 0 heteroatoms. The number of rotatable bonds is 0. The normalized spacial score (nSPS) is 21.3. The molecule has 0 aromatic heterocycles. The molecular formula is C18H16. The summed E-state index contributed by atoms with van der Waals surface area (Å²) in [5.74, 6) is 0.753. The number of benzene rings is 2. The summed E-state index contributed by atoms with van der Waals surface area (Å²) in [4.78, 5) is 0. The van der Waals surface area contributed by atoms with Gasteiger partial charge in [-0.1, -0.05) is 48.6 Å². The van der Waals surface area contributed by atoms with E-state index in [4.69, 9.17) is 0 Å². The van der Waals surface area contributed by atoms with Crippen molar-refractivity contribution >= 4 is 16.8 Å². The van der Waals surface area contributed by atoms with Gasteiger partial charge in [0, 0.05) is 0 Å². The monoisotopic (exact) mass is 232 g/mol. The van der Waals surface area contributed by atoms with E-state index in [0.717, 1.165) is 5.92 Å². The van der Waals surface area contributed by atoms with Crippen molar-refractivity contribution in [3.8, 4) is 0 Å². The summed E-state index contributed by atoms with van der Waals surface area (Å²) in [7, 11) is 0. The third-order valence-corrected chi connectivity index (χ3v) is 4.26. The maximum Gasteiger partial charge on any atom is -0.0118 e. The minimum absolute atomic E-state index is 0.753. The smallest absolute Gasteiger partial charge is 0.0118 e. The lowest BCUT2D eigenvalue weighted by Gasteiger charge is -2.27. The van der Waals surface area contributed by atoms with E-state index in [1.807, 2.05) is 0 Å². The molecule has 18 heavy (non-hydrogen) atoms. The zero-order valence-electron chi connectivity index (χ0n) is 10.4. The van der Waals surface area contributed by atoms with E-state index in [2.05, 4.69) is 54.6 Å². The van der Waals surface area contributed by atoms with Crippen LogP contribution < -0.4 is 0 Å². The Balaban J connectivity index is 1.93. The van der Waals surface area contributed by atoms with E-state index in [1.54, 1.807) is 0 Å².